The molecular weight excluding hydrogens is 174 g/mol. The summed E-state index contributed by atoms with van der Waals surface area (Å²) in [5.41, 5.74) is 0.169. The van der Waals surface area contributed by atoms with E-state index in [4.69, 9.17) is 0 Å². The van der Waals surface area contributed by atoms with E-state index in [1.807, 2.05) is 0 Å². The van der Waals surface area contributed by atoms with Gasteiger partial charge >= 0.3 is 5.84 Å². The predicted molar refractivity (Wildman–Crippen MR) is 43.4 cm³/mol. The zero-order chi connectivity index (χ0) is 9.42. The maximum atomic E-state index is 11.0. The summed E-state index contributed by atoms with van der Waals surface area (Å²) in [4.78, 5) is 24.7. The van der Waals surface area contributed by atoms with Gasteiger partial charge < -0.3 is 0 Å². The van der Waals surface area contributed by atoms with Gasteiger partial charge in [0.1, 0.15) is 12.4 Å². The molecule has 13 heavy (non-hydrogen) atoms. The number of nitrogens with zero attached hydrogens (tertiary/aromatic N) is 3. The number of nitro groups is 1. The number of aliphatic imine (C=N–C) groups is 1. The summed E-state index contributed by atoms with van der Waals surface area (Å²) in [5.74, 6) is 0.0780. The van der Waals surface area contributed by atoms with Gasteiger partial charge in [-0.05, 0) is 4.99 Å². The Kier molecular flexibility index (Phi) is 1.42. The molecule has 0 fully saturated rings. The molecule has 0 atom stereocenters. The van der Waals surface area contributed by atoms with Crippen molar-refractivity contribution in [2.75, 3.05) is 0 Å². The molecule has 2 aliphatic rings. The molecule has 0 aliphatic carbocycles. The zero-order valence-electron chi connectivity index (χ0n) is 6.38. The molecule has 0 saturated heterocycles. The number of rotatable bonds is 1. The van der Waals surface area contributed by atoms with E-state index in [1.165, 1.54) is 12.3 Å². The van der Waals surface area contributed by atoms with Crippen molar-refractivity contribution in [1.82, 2.24) is 0 Å². The normalized spacial score (nSPS) is 19.1. The third-order valence-electron chi connectivity index (χ3n) is 1.73. The number of fused-ring (bicyclic) bond motifs is 1. The molecule has 0 spiro atoms. The summed E-state index contributed by atoms with van der Waals surface area (Å²) in [5, 5.41) is 10.5. The maximum Gasteiger partial charge on any atom is 0.380 e. The zero-order valence-corrected chi connectivity index (χ0v) is 6.38. The van der Waals surface area contributed by atoms with E-state index >= 15 is 0 Å². The monoisotopic (exact) mass is 178 g/mol. The van der Waals surface area contributed by atoms with Crippen LogP contribution >= 0.6 is 0 Å². The summed E-state index contributed by atoms with van der Waals surface area (Å²) in [6.45, 7) is 0. The highest BCUT2D eigenvalue weighted by atomic mass is 16.6. The molecule has 6 nitrogen and oxygen atoms in total. The van der Waals surface area contributed by atoms with Gasteiger partial charge in [-0.15, -0.1) is 0 Å². The van der Waals surface area contributed by atoms with Crippen LogP contribution < -0.4 is 0 Å². The lowest BCUT2D eigenvalue weighted by Gasteiger charge is -1.98. The smallest absolute Gasteiger partial charge is 0.258 e. The number of allylic oxidation sites excluding steroid dienone is 1. The minimum absolute atomic E-state index is 0.0780. The predicted octanol–water partition coefficient (Wildman–Crippen LogP) is 0.749. The molecule has 0 saturated carbocycles. The highest BCUT2D eigenvalue weighted by Crippen LogP contribution is 2.20. The van der Waals surface area contributed by atoms with E-state index < -0.39 is 4.92 Å². The van der Waals surface area contributed by atoms with Crippen LogP contribution in [0.15, 0.2) is 40.8 Å². The highest BCUT2D eigenvalue weighted by molar-refractivity contribution is 5.98. The second-order valence-corrected chi connectivity index (χ2v) is 2.47. The van der Waals surface area contributed by atoms with Crippen LogP contribution in [0.4, 0.5) is 0 Å². The third kappa shape index (κ3) is 0.994. The largest absolute Gasteiger partial charge is 0.380 e. The molecule has 2 rings (SSSR count). The Morgan fingerprint density at radius 3 is 2.92 bits per heavy atom. The fraction of sp³-hybridized carbons (Fsp3) is 0. The van der Waals surface area contributed by atoms with E-state index in [9.17, 15) is 15.0 Å². The third-order valence-corrected chi connectivity index (χ3v) is 1.73. The Morgan fingerprint density at radius 2 is 2.23 bits per heavy atom. The molecule has 0 amide bonds. The number of hydrogen-bond acceptors (Lipinski definition) is 4. The lowest BCUT2D eigenvalue weighted by molar-refractivity contribution is -0.424. The number of amidine groups is 1. The van der Waals surface area contributed by atoms with Crippen molar-refractivity contribution in [1.29, 1.82) is 0 Å². The molecule has 0 aromatic rings. The van der Waals surface area contributed by atoms with E-state index in [-0.39, 0.29) is 17.1 Å². The first-order valence-corrected chi connectivity index (χ1v) is 3.48. The van der Waals surface area contributed by atoms with E-state index in [0.717, 1.165) is 12.3 Å². The van der Waals surface area contributed by atoms with Crippen LogP contribution in [-0.2, 0) is 0 Å². The Labute approximate surface area is 72.3 Å². The fourth-order valence-electron chi connectivity index (χ4n) is 1.16. The van der Waals surface area contributed by atoms with E-state index in [2.05, 4.69) is 4.99 Å². The summed E-state index contributed by atoms with van der Waals surface area (Å²) >= 11 is 0. The standard InChI is InChI=1S/C7H4N3O3/c11-9-4-2-6(10(12)13)5-1-3-8-7(5)9/h1-4H/q+1. The molecule has 0 unspecified atom stereocenters. The maximum absolute atomic E-state index is 11.0. The van der Waals surface area contributed by atoms with Crippen LogP contribution in [-0.4, -0.2) is 15.5 Å². The summed E-state index contributed by atoms with van der Waals surface area (Å²) in [6.07, 6.45) is 5.05. The highest BCUT2D eigenvalue weighted by Gasteiger charge is 2.35. The lowest BCUT2D eigenvalue weighted by Crippen LogP contribution is -2.19. The Morgan fingerprint density at radius 1 is 1.46 bits per heavy atom. The second kappa shape index (κ2) is 2.44. The molecule has 6 heteroatoms. The molecule has 0 aromatic heterocycles. The number of hydrogen-bond donors (Lipinski definition) is 0. The van der Waals surface area contributed by atoms with E-state index in [1.54, 1.807) is 0 Å². The lowest BCUT2D eigenvalue weighted by atomic mass is 10.1. The van der Waals surface area contributed by atoms with Gasteiger partial charge in [0.25, 0.3) is 5.70 Å². The molecule has 2 aliphatic heterocycles. The summed E-state index contributed by atoms with van der Waals surface area (Å²) in [6, 6.07) is 0. The molecular formula is C7H4N3O3+. The van der Waals surface area contributed by atoms with Crippen molar-refractivity contribution in [2.45, 2.75) is 0 Å². The molecule has 2 heterocycles. The Balaban J connectivity index is 2.60. The van der Waals surface area contributed by atoms with Gasteiger partial charge in [-0.25, -0.2) is 0 Å². The fourth-order valence-corrected chi connectivity index (χ4v) is 1.16. The van der Waals surface area contributed by atoms with Crippen molar-refractivity contribution >= 4 is 5.84 Å². The van der Waals surface area contributed by atoms with Crippen molar-refractivity contribution in [3.63, 3.8) is 0 Å². The van der Waals surface area contributed by atoms with Crippen LogP contribution in [0.2, 0.25) is 0 Å². The van der Waals surface area contributed by atoms with Gasteiger partial charge in [0, 0.05) is 10.8 Å². The molecule has 0 radical (unpaired) electrons. The van der Waals surface area contributed by atoms with Crippen LogP contribution in [0, 0.1) is 15.0 Å². The second-order valence-electron chi connectivity index (χ2n) is 2.47. The van der Waals surface area contributed by atoms with Crippen molar-refractivity contribution in [3.05, 3.63) is 50.8 Å². The first-order valence-electron chi connectivity index (χ1n) is 3.48. The minimum atomic E-state index is -0.538. The number of nitroso groups, excluding NO2 is 1. The molecule has 0 N–H and O–H groups in total. The van der Waals surface area contributed by atoms with Gasteiger partial charge in [-0.3, -0.25) is 10.1 Å². The quantitative estimate of drug-likeness (QED) is 0.337. The van der Waals surface area contributed by atoms with Crippen LogP contribution in [0.5, 0.6) is 0 Å². The molecule has 0 bridgehead atoms. The van der Waals surface area contributed by atoms with Crippen molar-refractivity contribution < 1.29 is 9.68 Å². The molecule has 64 valence electrons. The first-order chi connectivity index (χ1) is 6.20. The van der Waals surface area contributed by atoms with Crippen LogP contribution in [0.1, 0.15) is 0 Å². The SMILES string of the molecule is O=[N+]([O-])C1=C2C=CN=C2[N+](=O)C=C1. The van der Waals surface area contributed by atoms with Gasteiger partial charge in [-0.2, -0.15) is 0 Å². The Bertz CT molecular complexity index is 428. The first kappa shape index (κ1) is 7.53. The van der Waals surface area contributed by atoms with Gasteiger partial charge in [-0.1, -0.05) is 4.91 Å². The van der Waals surface area contributed by atoms with Crippen LogP contribution in [0.25, 0.3) is 0 Å². The average molecular weight is 178 g/mol. The average Bonchev–Trinajstić information content (AvgIpc) is 2.53. The van der Waals surface area contributed by atoms with Crippen molar-refractivity contribution in [2.24, 2.45) is 4.99 Å². The van der Waals surface area contributed by atoms with E-state index in [0.29, 0.717) is 4.76 Å². The van der Waals surface area contributed by atoms with Gasteiger partial charge in [0.15, 0.2) is 5.57 Å². The topological polar surface area (TPSA) is 75.6 Å². The van der Waals surface area contributed by atoms with Gasteiger partial charge in [0.2, 0.25) is 0 Å². The van der Waals surface area contributed by atoms with Crippen molar-refractivity contribution in [3.8, 4) is 0 Å². The summed E-state index contributed by atoms with van der Waals surface area (Å²) < 4.78 is 0.502. The minimum Gasteiger partial charge on any atom is -0.258 e. The van der Waals surface area contributed by atoms with Gasteiger partial charge in [0.05, 0.1) is 11.0 Å². The Hall–Kier alpha value is -2.11. The summed E-state index contributed by atoms with van der Waals surface area (Å²) in [7, 11) is 0. The van der Waals surface area contributed by atoms with Crippen LogP contribution in [0.3, 0.4) is 0 Å². The molecule has 0 aromatic carbocycles.